The zero-order valence-electron chi connectivity index (χ0n) is 8.66. The molecule has 0 aromatic carbocycles. The number of aldehydes is 1. The van der Waals surface area contributed by atoms with Gasteiger partial charge in [0.1, 0.15) is 10.8 Å². The van der Waals surface area contributed by atoms with E-state index in [1.807, 2.05) is 6.92 Å². The van der Waals surface area contributed by atoms with Crippen LogP contribution in [0.15, 0.2) is 0 Å². The van der Waals surface area contributed by atoms with E-state index in [9.17, 15) is 13.6 Å². The van der Waals surface area contributed by atoms with Crippen LogP contribution in [0.3, 0.4) is 0 Å². The summed E-state index contributed by atoms with van der Waals surface area (Å²) in [6.45, 7) is 1.88. The molecule has 0 radical (unpaired) electrons. The average molecular weight is 249 g/mol. The fourth-order valence-electron chi connectivity index (χ4n) is 1.76. The third kappa shape index (κ3) is 1.84. The Labute approximate surface area is 96.4 Å². The molecule has 1 unspecified atom stereocenters. The summed E-state index contributed by atoms with van der Waals surface area (Å²) in [6, 6.07) is -0.0290. The summed E-state index contributed by atoms with van der Waals surface area (Å²) in [4.78, 5) is 10.7. The zero-order chi connectivity index (χ0) is 11.9. The van der Waals surface area contributed by atoms with Crippen LogP contribution < -0.4 is 0 Å². The fraction of sp³-hybridized carbons (Fsp3) is 0.600. The van der Waals surface area contributed by atoms with Crippen LogP contribution in [0.4, 0.5) is 8.78 Å². The summed E-state index contributed by atoms with van der Waals surface area (Å²) in [5.41, 5.74) is -0.711. The van der Waals surface area contributed by atoms with Crippen LogP contribution >= 0.6 is 11.6 Å². The molecule has 1 aromatic rings. The molecular weight excluding hydrogens is 238 g/mol. The van der Waals surface area contributed by atoms with Crippen LogP contribution in [0, 0.1) is 5.92 Å². The molecule has 16 heavy (non-hydrogen) atoms. The highest BCUT2D eigenvalue weighted by Crippen LogP contribution is 2.41. The minimum absolute atomic E-state index is 0.0182. The first-order chi connectivity index (χ1) is 7.56. The standard InChI is InChI=1S/C10H11ClF2N2O/c1-5(6-2-3-6)15-9(11)7(4-16)8(14-15)10(12)13/h4-6,10H,2-3H2,1H3. The van der Waals surface area contributed by atoms with Crippen LogP contribution in [0.5, 0.6) is 0 Å². The maximum absolute atomic E-state index is 12.6. The summed E-state index contributed by atoms with van der Waals surface area (Å²) in [7, 11) is 0. The number of alkyl halides is 2. The maximum atomic E-state index is 12.6. The number of hydrogen-bond acceptors (Lipinski definition) is 2. The molecule has 0 bridgehead atoms. The normalized spacial score (nSPS) is 17.8. The first-order valence-electron chi connectivity index (χ1n) is 5.07. The lowest BCUT2D eigenvalue weighted by Gasteiger charge is -2.11. The van der Waals surface area contributed by atoms with E-state index < -0.39 is 12.1 Å². The minimum Gasteiger partial charge on any atom is -0.298 e. The van der Waals surface area contributed by atoms with Crippen molar-refractivity contribution in [1.82, 2.24) is 9.78 Å². The van der Waals surface area contributed by atoms with E-state index in [1.165, 1.54) is 4.68 Å². The maximum Gasteiger partial charge on any atom is 0.282 e. The number of hydrogen-bond donors (Lipinski definition) is 0. The Morgan fingerprint density at radius 2 is 2.19 bits per heavy atom. The summed E-state index contributed by atoms with van der Waals surface area (Å²) in [5.74, 6) is 0.433. The number of carbonyl (C=O) groups is 1. The fourth-order valence-corrected chi connectivity index (χ4v) is 2.09. The van der Waals surface area contributed by atoms with Crippen molar-refractivity contribution < 1.29 is 13.6 Å². The van der Waals surface area contributed by atoms with Gasteiger partial charge >= 0.3 is 0 Å². The molecule has 6 heteroatoms. The molecule has 1 aromatic heterocycles. The van der Waals surface area contributed by atoms with Gasteiger partial charge in [-0.15, -0.1) is 0 Å². The van der Waals surface area contributed by atoms with Crippen molar-refractivity contribution in [2.24, 2.45) is 5.92 Å². The second-order valence-electron chi connectivity index (χ2n) is 4.03. The van der Waals surface area contributed by atoms with Crippen molar-refractivity contribution in [3.63, 3.8) is 0 Å². The van der Waals surface area contributed by atoms with Gasteiger partial charge in [-0.05, 0) is 25.7 Å². The SMILES string of the molecule is CC(C1CC1)n1nc(C(F)F)c(C=O)c1Cl. The summed E-state index contributed by atoms with van der Waals surface area (Å²) >= 11 is 5.88. The Morgan fingerprint density at radius 1 is 1.56 bits per heavy atom. The Bertz CT molecular complexity index is 415. The van der Waals surface area contributed by atoms with Crippen LogP contribution in [0.2, 0.25) is 5.15 Å². The predicted octanol–water partition coefficient (Wildman–Crippen LogP) is 3.26. The molecule has 1 fully saturated rings. The van der Waals surface area contributed by atoms with Gasteiger partial charge in [0.2, 0.25) is 0 Å². The molecular formula is C10H11ClF2N2O. The molecule has 1 heterocycles. The molecule has 88 valence electrons. The quantitative estimate of drug-likeness (QED) is 0.767. The van der Waals surface area contributed by atoms with Gasteiger partial charge in [-0.25, -0.2) is 13.5 Å². The monoisotopic (exact) mass is 248 g/mol. The molecule has 0 saturated heterocycles. The van der Waals surface area contributed by atoms with Gasteiger partial charge in [0.25, 0.3) is 6.43 Å². The largest absolute Gasteiger partial charge is 0.298 e. The first-order valence-corrected chi connectivity index (χ1v) is 5.45. The van der Waals surface area contributed by atoms with Gasteiger partial charge in [0.15, 0.2) is 6.29 Å². The van der Waals surface area contributed by atoms with Gasteiger partial charge in [-0.2, -0.15) is 5.10 Å². The van der Waals surface area contributed by atoms with E-state index in [4.69, 9.17) is 11.6 Å². The summed E-state index contributed by atoms with van der Waals surface area (Å²) in [6.07, 6.45) is -0.326. The number of nitrogens with zero attached hydrogens (tertiary/aromatic N) is 2. The molecule has 1 aliphatic carbocycles. The summed E-state index contributed by atoms with van der Waals surface area (Å²) < 4.78 is 26.5. The first kappa shape index (κ1) is 11.5. The van der Waals surface area contributed by atoms with Crippen LogP contribution in [-0.4, -0.2) is 16.1 Å². The van der Waals surface area contributed by atoms with Crippen molar-refractivity contribution in [2.45, 2.75) is 32.2 Å². The number of carbonyl (C=O) groups excluding carboxylic acids is 1. The highest BCUT2D eigenvalue weighted by Gasteiger charge is 2.33. The second-order valence-corrected chi connectivity index (χ2v) is 4.39. The van der Waals surface area contributed by atoms with Gasteiger partial charge in [-0.1, -0.05) is 11.6 Å². The van der Waals surface area contributed by atoms with E-state index in [1.54, 1.807) is 0 Å². The average Bonchev–Trinajstić information content (AvgIpc) is 3.01. The van der Waals surface area contributed by atoms with Crippen LogP contribution in [0.1, 0.15) is 48.3 Å². The van der Waals surface area contributed by atoms with E-state index in [2.05, 4.69) is 5.10 Å². The Kier molecular flexibility index (Phi) is 2.97. The van der Waals surface area contributed by atoms with E-state index in [0.29, 0.717) is 12.2 Å². The Hall–Kier alpha value is -0.970. The smallest absolute Gasteiger partial charge is 0.282 e. The molecule has 3 nitrogen and oxygen atoms in total. The molecule has 1 atom stereocenters. The predicted molar refractivity (Wildman–Crippen MR) is 55.0 cm³/mol. The van der Waals surface area contributed by atoms with Crippen molar-refractivity contribution in [2.75, 3.05) is 0 Å². The van der Waals surface area contributed by atoms with E-state index >= 15 is 0 Å². The molecule has 1 saturated carbocycles. The topological polar surface area (TPSA) is 34.9 Å². The van der Waals surface area contributed by atoms with E-state index in [0.717, 1.165) is 12.8 Å². The molecule has 0 N–H and O–H groups in total. The molecule has 0 aliphatic heterocycles. The Morgan fingerprint density at radius 3 is 2.56 bits per heavy atom. The highest BCUT2D eigenvalue weighted by molar-refractivity contribution is 6.32. The van der Waals surface area contributed by atoms with E-state index in [-0.39, 0.29) is 16.8 Å². The van der Waals surface area contributed by atoms with Crippen LogP contribution in [-0.2, 0) is 0 Å². The van der Waals surface area contributed by atoms with Crippen molar-refractivity contribution in [3.05, 3.63) is 16.4 Å². The number of halogens is 3. The zero-order valence-corrected chi connectivity index (χ0v) is 9.42. The number of aromatic nitrogens is 2. The minimum atomic E-state index is -2.77. The molecule has 1 aliphatic rings. The lowest BCUT2D eigenvalue weighted by molar-refractivity contribution is 0.110. The Balaban J connectivity index is 2.42. The summed E-state index contributed by atoms with van der Waals surface area (Å²) in [5, 5.41) is 3.76. The van der Waals surface area contributed by atoms with Gasteiger partial charge in [-0.3, -0.25) is 4.79 Å². The second kappa shape index (κ2) is 4.13. The third-order valence-electron chi connectivity index (χ3n) is 2.93. The molecule has 0 spiro atoms. The van der Waals surface area contributed by atoms with Crippen molar-refractivity contribution in [3.8, 4) is 0 Å². The van der Waals surface area contributed by atoms with Gasteiger partial charge in [0, 0.05) is 0 Å². The van der Waals surface area contributed by atoms with Gasteiger partial charge in [0.05, 0.1) is 11.6 Å². The molecule has 2 rings (SSSR count). The van der Waals surface area contributed by atoms with Gasteiger partial charge < -0.3 is 0 Å². The lowest BCUT2D eigenvalue weighted by atomic mass is 10.2. The third-order valence-corrected chi connectivity index (χ3v) is 3.31. The lowest BCUT2D eigenvalue weighted by Crippen LogP contribution is -2.09. The van der Waals surface area contributed by atoms with Crippen molar-refractivity contribution in [1.29, 1.82) is 0 Å². The van der Waals surface area contributed by atoms with Crippen LogP contribution in [0.25, 0.3) is 0 Å². The molecule has 0 amide bonds. The highest BCUT2D eigenvalue weighted by atomic mass is 35.5. The number of rotatable bonds is 4. The van der Waals surface area contributed by atoms with Crippen molar-refractivity contribution >= 4 is 17.9 Å².